The molecule has 2 N–H and O–H groups in total. The number of benzene rings is 1. The van der Waals surface area contributed by atoms with Crippen LogP contribution in [0.25, 0.3) is 0 Å². The predicted octanol–water partition coefficient (Wildman–Crippen LogP) is 1.26. The van der Waals surface area contributed by atoms with Gasteiger partial charge in [-0.25, -0.2) is 0 Å². The first-order valence-corrected chi connectivity index (χ1v) is 6.27. The van der Waals surface area contributed by atoms with Gasteiger partial charge in [0.1, 0.15) is 6.04 Å². The van der Waals surface area contributed by atoms with Crippen molar-refractivity contribution in [2.75, 3.05) is 27.2 Å². The Morgan fingerprint density at radius 2 is 2.00 bits per heavy atom. The minimum atomic E-state index is -0.997. The van der Waals surface area contributed by atoms with E-state index in [1.807, 2.05) is 19.0 Å². The lowest BCUT2D eigenvalue weighted by atomic mass is 10.1. The van der Waals surface area contributed by atoms with Crippen molar-refractivity contribution in [1.29, 1.82) is 0 Å². The van der Waals surface area contributed by atoms with Crippen molar-refractivity contribution in [3.05, 3.63) is 39.9 Å². The number of nitro groups is 1. The van der Waals surface area contributed by atoms with Crippen molar-refractivity contribution in [1.82, 2.24) is 10.2 Å². The zero-order valence-corrected chi connectivity index (χ0v) is 11.6. The first-order valence-electron chi connectivity index (χ1n) is 6.27. The number of nitrogens with zero attached hydrogens (tertiary/aromatic N) is 2. The standard InChI is InChI=1S/C13H19N3O4/c1-15(2)9-3-8-14-12(13(17)18)10-4-6-11(7-5-10)16(19)20/h4-7,12,14H,3,8-9H2,1-2H3,(H,17,18). The molecule has 0 aliphatic heterocycles. The Morgan fingerprint density at radius 1 is 1.40 bits per heavy atom. The molecule has 7 heteroatoms. The lowest BCUT2D eigenvalue weighted by Gasteiger charge is -2.16. The molecule has 1 unspecified atom stereocenters. The fraction of sp³-hybridized carbons (Fsp3) is 0.462. The van der Waals surface area contributed by atoms with E-state index in [1.165, 1.54) is 24.3 Å². The Hall–Kier alpha value is -1.99. The summed E-state index contributed by atoms with van der Waals surface area (Å²) in [6, 6.07) is 4.71. The van der Waals surface area contributed by atoms with E-state index in [-0.39, 0.29) is 5.69 Å². The number of nitrogens with one attached hydrogen (secondary N) is 1. The van der Waals surface area contributed by atoms with Gasteiger partial charge in [0.15, 0.2) is 0 Å². The van der Waals surface area contributed by atoms with Crippen LogP contribution in [0.5, 0.6) is 0 Å². The topological polar surface area (TPSA) is 95.7 Å². The third kappa shape index (κ3) is 4.94. The second kappa shape index (κ2) is 7.56. The number of carboxylic acid groups (broad SMARTS) is 1. The Labute approximate surface area is 117 Å². The highest BCUT2D eigenvalue weighted by Gasteiger charge is 2.19. The van der Waals surface area contributed by atoms with Crippen LogP contribution in [-0.2, 0) is 4.79 Å². The summed E-state index contributed by atoms with van der Waals surface area (Å²) in [5, 5.41) is 22.7. The average Bonchev–Trinajstić information content (AvgIpc) is 2.38. The lowest BCUT2D eigenvalue weighted by Crippen LogP contribution is -2.30. The zero-order valence-electron chi connectivity index (χ0n) is 11.6. The second-order valence-corrected chi connectivity index (χ2v) is 4.73. The van der Waals surface area contributed by atoms with Crippen molar-refractivity contribution >= 4 is 11.7 Å². The smallest absolute Gasteiger partial charge is 0.325 e. The van der Waals surface area contributed by atoms with Crippen molar-refractivity contribution in [2.45, 2.75) is 12.5 Å². The maximum Gasteiger partial charge on any atom is 0.325 e. The van der Waals surface area contributed by atoms with Gasteiger partial charge in [0.25, 0.3) is 5.69 Å². The summed E-state index contributed by atoms with van der Waals surface area (Å²) < 4.78 is 0. The summed E-state index contributed by atoms with van der Waals surface area (Å²) in [6.07, 6.45) is 0.823. The van der Waals surface area contributed by atoms with Crippen LogP contribution in [0, 0.1) is 10.1 Å². The number of rotatable bonds is 8. The molecule has 0 aromatic heterocycles. The summed E-state index contributed by atoms with van der Waals surface area (Å²) >= 11 is 0. The van der Waals surface area contributed by atoms with Crippen LogP contribution >= 0.6 is 0 Å². The predicted molar refractivity (Wildman–Crippen MR) is 74.6 cm³/mol. The summed E-state index contributed by atoms with van der Waals surface area (Å²) in [5.41, 5.74) is 0.457. The molecule has 0 fully saturated rings. The number of carboxylic acids is 1. The summed E-state index contributed by atoms with van der Waals surface area (Å²) in [5.74, 6) is -0.997. The van der Waals surface area contributed by atoms with E-state index >= 15 is 0 Å². The Balaban J connectivity index is 2.66. The van der Waals surface area contributed by atoms with Gasteiger partial charge in [-0.2, -0.15) is 0 Å². The Kier molecular flexibility index (Phi) is 6.08. The molecule has 0 aliphatic carbocycles. The van der Waals surface area contributed by atoms with Gasteiger partial charge in [0, 0.05) is 12.1 Å². The molecule has 0 spiro atoms. The molecular formula is C13H19N3O4. The Morgan fingerprint density at radius 3 is 2.45 bits per heavy atom. The van der Waals surface area contributed by atoms with Gasteiger partial charge in [0.2, 0.25) is 0 Å². The molecule has 0 radical (unpaired) electrons. The third-order valence-electron chi connectivity index (χ3n) is 2.81. The van der Waals surface area contributed by atoms with E-state index < -0.39 is 16.9 Å². The number of nitro benzene ring substituents is 1. The molecule has 20 heavy (non-hydrogen) atoms. The highest BCUT2D eigenvalue weighted by Crippen LogP contribution is 2.18. The van der Waals surface area contributed by atoms with Crippen molar-refractivity contribution in [3.8, 4) is 0 Å². The summed E-state index contributed by atoms with van der Waals surface area (Å²) in [7, 11) is 3.90. The molecule has 0 saturated heterocycles. The summed E-state index contributed by atoms with van der Waals surface area (Å²) in [6.45, 7) is 1.42. The van der Waals surface area contributed by atoms with Gasteiger partial charge in [-0.05, 0) is 39.2 Å². The van der Waals surface area contributed by atoms with Crippen molar-refractivity contribution in [3.63, 3.8) is 0 Å². The third-order valence-corrected chi connectivity index (χ3v) is 2.81. The number of hydrogen-bond acceptors (Lipinski definition) is 5. The minimum Gasteiger partial charge on any atom is -0.480 e. The second-order valence-electron chi connectivity index (χ2n) is 4.73. The van der Waals surface area contributed by atoms with Crippen LogP contribution in [-0.4, -0.2) is 48.1 Å². The first-order chi connectivity index (χ1) is 9.41. The van der Waals surface area contributed by atoms with E-state index in [4.69, 9.17) is 0 Å². The lowest BCUT2D eigenvalue weighted by molar-refractivity contribution is -0.384. The fourth-order valence-corrected chi connectivity index (χ4v) is 1.78. The number of aliphatic carboxylic acids is 1. The molecule has 0 heterocycles. The zero-order chi connectivity index (χ0) is 15.1. The van der Waals surface area contributed by atoms with Crippen LogP contribution in [0.15, 0.2) is 24.3 Å². The van der Waals surface area contributed by atoms with Crippen LogP contribution in [0.4, 0.5) is 5.69 Å². The highest BCUT2D eigenvalue weighted by molar-refractivity contribution is 5.75. The van der Waals surface area contributed by atoms with Gasteiger partial charge in [-0.1, -0.05) is 12.1 Å². The van der Waals surface area contributed by atoms with Gasteiger partial charge >= 0.3 is 5.97 Å². The Bertz CT molecular complexity index is 459. The van der Waals surface area contributed by atoms with Gasteiger partial charge in [-0.3, -0.25) is 14.9 Å². The van der Waals surface area contributed by atoms with Crippen molar-refractivity contribution < 1.29 is 14.8 Å². The molecule has 7 nitrogen and oxygen atoms in total. The fourth-order valence-electron chi connectivity index (χ4n) is 1.78. The van der Waals surface area contributed by atoms with Crippen LogP contribution in [0.2, 0.25) is 0 Å². The maximum atomic E-state index is 11.2. The monoisotopic (exact) mass is 281 g/mol. The van der Waals surface area contributed by atoms with E-state index in [0.29, 0.717) is 12.1 Å². The molecule has 0 amide bonds. The van der Waals surface area contributed by atoms with Gasteiger partial charge in [-0.15, -0.1) is 0 Å². The number of non-ortho nitro benzene ring substituents is 1. The molecule has 0 aliphatic rings. The summed E-state index contributed by atoms with van der Waals surface area (Å²) in [4.78, 5) is 23.3. The maximum absolute atomic E-state index is 11.2. The molecule has 1 rings (SSSR count). The minimum absolute atomic E-state index is 0.0505. The average molecular weight is 281 g/mol. The van der Waals surface area contributed by atoms with Crippen molar-refractivity contribution in [2.24, 2.45) is 0 Å². The molecule has 110 valence electrons. The molecular weight excluding hydrogens is 262 g/mol. The molecule has 1 atom stereocenters. The van der Waals surface area contributed by atoms with Crippen LogP contribution < -0.4 is 5.32 Å². The van der Waals surface area contributed by atoms with E-state index in [1.54, 1.807) is 0 Å². The van der Waals surface area contributed by atoms with Gasteiger partial charge < -0.3 is 15.3 Å². The normalized spacial score (nSPS) is 12.3. The van der Waals surface area contributed by atoms with E-state index in [2.05, 4.69) is 5.32 Å². The number of carbonyl (C=O) groups is 1. The largest absolute Gasteiger partial charge is 0.480 e. The highest BCUT2D eigenvalue weighted by atomic mass is 16.6. The van der Waals surface area contributed by atoms with Crippen LogP contribution in [0.1, 0.15) is 18.0 Å². The SMILES string of the molecule is CN(C)CCCNC(C(=O)O)c1ccc([N+](=O)[O-])cc1. The molecule has 0 saturated carbocycles. The molecule has 1 aromatic carbocycles. The van der Waals surface area contributed by atoms with E-state index in [9.17, 15) is 20.0 Å². The first kappa shape index (κ1) is 16.1. The molecule has 1 aromatic rings. The quantitative estimate of drug-likeness (QED) is 0.423. The van der Waals surface area contributed by atoms with E-state index in [0.717, 1.165) is 13.0 Å². The number of hydrogen-bond donors (Lipinski definition) is 2. The molecule has 0 bridgehead atoms. The van der Waals surface area contributed by atoms with Gasteiger partial charge in [0.05, 0.1) is 4.92 Å². The van der Waals surface area contributed by atoms with Crippen LogP contribution in [0.3, 0.4) is 0 Å².